The highest BCUT2D eigenvalue weighted by atomic mass is 16.4. The van der Waals surface area contributed by atoms with E-state index in [1.807, 2.05) is 0 Å². The number of carboxylic acid groups (broad SMARTS) is 1. The van der Waals surface area contributed by atoms with E-state index in [1.165, 1.54) is 15.8 Å². The van der Waals surface area contributed by atoms with Crippen LogP contribution in [0.15, 0.2) is 24.4 Å². The number of hydrogen-bond donors (Lipinski definition) is 1. The van der Waals surface area contributed by atoms with Gasteiger partial charge >= 0.3 is 5.97 Å². The first-order valence-electron chi connectivity index (χ1n) is 6.24. The molecule has 2 aromatic heterocycles. The number of rotatable bonds is 4. The first-order chi connectivity index (χ1) is 9.93. The molecule has 1 amide bonds. The van der Waals surface area contributed by atoms with Crippen LogP contribution in [0.25, 0.3) is 11.4 Å². The van der Waals surface area contributed by atoms with E-state index in [1.54, 1.807) is 39.2 Å². The molecule has 1 atom stereocenters. The highest BCUT2D eigenvalue weighted by molar-refractivity contribution is 5.92. The maximum absolute atomic E-state index is 12.1. The van der Waals surface area contributed by atoms with E-state index < -0.39 is 12.0 Å². The Balaban J connectivity index is 2.58. The molecular formula is C13H15N5O3. The number of amides is 1. The van der Waals surface area contributed by atoms with Crippen LogP contribution in [-0.2, 0) is 4.79 Å². The summed E-state index contributed by atoms with van der Waals surface area (Å²) >= 11 is 0. The third-order valence-corrected chi connectivity index (χ3v) is 2.97. The fourth-order valence-corrected chi connectivity index (χ4v) is 1.93. The standard InChI is InChI=1S/C13H15N5O3/c1-8(12(19)17(2)3)18-11(9-6-4-5-7-14-9)10(13(20)21)15-16-18/h4-8H,1-3H3,(H,20,21). The molecule has 8 heteroatoms. The van der Waals surface area contributed by atoms with Crippen molar-refractivity contribution >= 4 is 11.9 Å². The van der Waals surface area contributed by atoms with Gasteiger partial charge in [0, 0.05) is 20.3 Å². The quantitative estimate of drug-likeness (QED) is 0.888. The number of carbonyl (C=O) groups excluding carboxylic acids is 1. The van der Waals surface area contributed by atoms with Crippen LogP contribution in [0.3, 0.4) is 0 Å². The van der Waals surface area contributed by atoms with Gasteiger partial charge in [0.2, 0.25) is 5.91 Å². The smallest absolute Gasteiger partial charge is 0.358 e. The molecule has 2 aromatic rings. The number of nitrogens with zero attached hydrogens (tertiary/aromatic N) is 5. The summed E-state index contributed by atoms with van der Waals surface area (Å²) in [5.41, 5.74) is 0.385. The minimum absolute atomic E-state index is 0.214. The molecule has 0 aromatic carbocycles. The zero-order valence-electron chi connectivity index (χ0n) is 11.9. The molecule has 0 aliphatic rings. The molecule has 0 spiro atoms. The van der Waals surface area contributed by atoms with Gasteiger partial charge in [-0.15, -0.1) is 5.10 Å². The Kier molecular flexibility index (Phi) is 3.97. The first kappa shape index (κ1) is 14.6. The van der Waals surface area contributed by atoms with E-state index in [-0.39, 0.29) is 17.3 Å². The molecule has 8 nitrogen and oxygen atoms in total. The van der Waals surface area contributed by atoms with Crippen LogP contribution in [0.2, 0.25) is 0 Å². The van der Waals surface area contributed by atoms with E-state index in [4.69, 9.17) is 0 Å². The monoisotopic (exact) mass is 289 g/mol. The summed E-state index contributed by atoms with van der Waals surface area (Å²) in [6.45, 7) is 1.63. The van der Waals surface area contributed by atoms with Crippen LogP contribution in [0, 0.1) is 0 Å². The van der Waals surface area contributed by atoms with Gasteiger partial charge in [0.25, 0.3) is 0 Å². The highest BCUT2D eigenvalue weighted by Crippen LogP contribution is 2.23. The maximum Gasteiger partial charge on any atom is 0.358 e. The molecule has 0 bridgehead atoms. The van der Waals surface area contributed by atoms with Crippen molar-refractivity contribution in [1.29, 1.82) is 0 Å². The van der Waals surface area contributed by atoms with Gasteiger partial charge in [-0.05, 0) is 19.1 Å². The van der Waals surface area contributed by atoms with Crippen molar-refractivity contribution in [3.8, 4) is 11.4 Å². The molecule has 1 N–H and O–H groups in total. The Morgan fingerprint density at radius 1 is 1.33 bits per heavy atom. The van der Waals surface area contributed by atoms with E-state index in [9.17, 15) is 14.7 Å². The Hall–Kier alpha value is -2.77. The van der Waals surface area contributed by atoms with E-state index in [2.05, 4.69) is 15.3 Å². The molecule has 0 radical (unpaired) electrons. The topological polar surface area (TPSA) is 101 Å². The molecule has 2 heterocycles. The SMILES string of the molecule is CC(C(=O)N(C)C)n1nnc(C(=O)O)c1-c1ccccn1. The lowest BCUT2D eigenvalue weighted by Gasteiger charge is -2.18. The molecule has 0 aliphatic heterocycles. The molecule has 0 aliphatic carbocycles. The zero-order chi connectivity index (χ0) is 15.6. The van der Waals surface area contributed by atoms with Crippen LogP contribution in [0.1, 0.15) is 23.5 Å². The van der Waals surface area contributed by atoms with Gasteiger partial charge in [0.15, 0.2) is 5.69 Å². The largest absolute Gasteiger partial charge is 0.476 e. The molecule has 21 heavy (non-hydrogen) atoms. The third kappa shape index (κ3) is 2.73. The maximum atomic E-state index is 12.1. The lowest BCUT2D eigenvalue weighted by molar-refractivity contribution is -0.131. The summed E-state index contributed by atoms with van der Waals surface area (Å²) in [7, 11) is 3.24. The second-order valence-electron chi connectivity index (χ2n) is 4.66. The van der Waals surface area contributed by atoms with Gasteiger partial charge in [0.1, 0.15) is 11.7 Å². The average Bonchev–Trinajstić information content (AvgIpc) is 2.91. The van der Waals surface area contributed by atoms with Crippen molar-refractivity contribution in [2.75, 3.05) is 14.1 Å². The molecular weight excluding hydrogens is 274 g/mol. The Bertz CT molecular complexity index is 666. The molecule has 0 saturated heterocycles. The lowest BCUT2D eigenvalue weighted by Crippen LogP contribution is -2.31. The summed E-state index contributed by atoms with van der Waals surface area (Å²) in [5.74, 6) is -1.43. The molecule has 1 unspecified atom stereocenters. The molecule has 2 rings (SSSR count). The second kappa shape index (κ2) is 5.70. The lowest BCUT2D eigenvalue weighted by atomic mass is 10.2. The Labute approximate surface area is 121 Å². The van der Waals surface area contributed by atoms with Crippen molar-refractivity contribution < 1.29 is 14.7 Å². The summed E-state index contributed by atoms with van der Waals surface area (Å²) < 4.78 is 1.29. The van der Waals surface area contributed by atoms with Crippen molar-refractivity contribution in [3.63, 3.8) is 0 Å². The van der Waals surface area contributed by atoms with Crippen molar-refractivity contribution in [1.82, 2.24) is 24.9 Å². The normalized spacial score (nSPS) is 12.0. The fourth-order valence-electron chi connectivity index (χ4n) is 1.93. The van der Waals surface area contributed by atoms with Crippen LogP contribution in [0.4, 0.5) is 0 Å². The molecule has 0 saturated carbocycles. The summed E-state index contributed by atoms with van der Waals surface area (Å²) in [6.07, 6.45) is 1.54. The van der Waals surface area contributed by atoms with E-state index in [0.29, 0.717) is 5.69 Å². The van der Waals surface area contributed by atoms with Gasteiger partial charge < -0.3 is 10.0 Å². The van der Waals surface area contributed by atoms with Crippen molar-refractivity contribution in [3.05, 3.63) is 30.1 Å². The number of aromatic nitrogens is 4. The van der Waals surface area contributed by atoms with E-state index >= 15 is 0 Å². The number of likely N-dealkylation sites (N-methyl/N-ethyl adjacent to an activating group) is 1. The fraction of sp³-hybridized carbons (Fsp3) is 0.308. The number of pyridine rings is 1. The van der Waals surface area contributed by atoms with Gasteiger partial charge in [-0.2, -0.15) is 0 Å². The molecule has 110 valence electrons. The van der Waals surface area contributed by atoms with Crippen LogP contribution in [0.5, 0.6) is 0 Å². The first-order valence-corrected chi connectivity index (χ1v) is 6.24. The van der Waals surface area contributed by atoms with E-state index in [0.717, 1.165) is 0 Å². The number of hydrogen-bond acceptors (Lipinski definition) is 5. The average molecular weight is 289 g/mol. The number of carboxylic acids is 1. The van der Waals surface area contributed by atoms with Gasteiger partial charge in [0.05, 0.1) is 5.69 Å². The number of aromatic carboxylic acids is 1. The van der Waals surface area contributed by atoms with Crippen LogP contribution >= 0.6 is 0 Å². The highest BCUT2D eigenvalue weighted by Gasteiger charge is 2.27. The van der Waals surface area contributed by atoms with Crippen molar-refractivity contribution in [2.45, 2.75) is 13.0 Å². The summed E-state index contributed by atoms with van der Waals surface area (Å²) in [6, 6.07) is 4.41. The van der Waals surface area contributed by atoms with Crippen molar-refractivity contribution in [2.24, 2.45) is 0 Å². The summed E-state index contributed by atoms with van der Waals surface area (Å²) in [4.78, 5) is 28.9. The predicted molar refractivity (Wildman–Crippen MR) is 73.6 cm³/mol. The number of carbonyl (C=O) groups is 2. The second-order valence-corrected chi connectivity index (χ2v) is 4.66. The van der Waals surface area contributed by atoms with Crippen LogP contribution < -0.4 is 0 Å². The third-order valence-electron chi connectivity index (χ3n) is 2.97. The predicted octanol–water partition coefficient (Wildman–Crippen LogP) is 0.687. The summed E-state index contributed by atoms with van der Waals surface area (Å²) in [5, 5.41) is 16.7. The minimum Gasteiger partial charge on any atom is -0.476 e. The van der Waals surface area contributed by atoms with Gasteiger partial charge in [-0.25, -0.2) is 9.48 Å². The van der Waals surface area contributed by atoms with Crippen LogP contribution in [-0.4, -0.2) is 56.0 Å². The Morgan fingerprint density at radius 3 is 2.57 bits per heavy atom. The zero-order valence-corrected chi connectivity index (χ0v) is 11.9. The van der Waals surface area contributed by atoms with Gasteiger partial charge in [-0.1, -0.05) is 11.3 Å². The minimum atomic E-state index is -1.22. The Morgan fingerprint density at radius 2 is 2.05 bits per heavy atom. The van der Waals surface area contributed by atoms with Gasteiger partial charge in [-0.3, -0.25) is 9.78 Å². The molecule has 0 fully saturated rings.